The lowest BCUT2D eigenvalue weighted by Crippen LogP contribution is -2.34. The van der Waals surface area contributed by atoms with Crippen LogP contribution in [0.1, 0.15) is 13.8 Å². The van der Waals surface area contributed by atoms with Gasteiger partial charge < -0.3 is 15.3 Å². The van der Waals surface area contributed by atoms with E-state index in [0.717, 1.165) is 13.0 Å². The highest BCUT2D eigenvalue weighted by Crippen LogP contribution is 1.76. The third-order valence-electron chi connectivity index (χ3n) is 0.309. The van der Waals surface area contributed by atoms with Crippen molar-refractivity contribution in [3.63, 3.8) is 0 Å². The van der Waals surface area contributed by atoms with E-state index in [1.54, 1.807) is 6.92 Å². The van der Waals surface area contributed by atoms with Crippen molar-refractivity contribution in [1.82, 2.24) is 0 Å². The molecule has 0 bridgehead atoms. The molecule has 0 unspecified atom stereocenters. The Kier molecular flexibility index (Phi) is 6.77. The van der Waals surface area contributed by atoms with Crippen LogP contribution >= 0.6 is 0 Å². The number of carbonyl (C=O) groups is 1. The summed E-state index contributed by atoms with van der Waals surface area (Å²) in [6, 6.07) is 0. The molecule has 0 heterocycles. The van der Waals surface area contributed by atoms with Crippen LogP contribution in [0.15, 0.2) is 12.2 Å². The second-order valence-electron chi connectivity index (χ2n) is 1.93. The van der Waals surface area contributed by atoms with Crippen LogP contribution in [0, 0.1) is 0 Å². The number of hydrogen-bond acceptors (Lipinski definition) is 4. The number of hydrogen-bond donors (Lipinski definition) is 4. The van der Waals surface area contributed by atoms with Crippen molar-refractivity contribution in [2.24, 2.45) is 5.73 Å². The zero-order chi connectivity index (χ0) is 9.49. The van der Waals surface area contributed by atoms with Gasteiger partial charge in [-0.2, -0.15) is 0 Å². The fourth-order valence-corrected chi connectivity index (χ4v) is 0.143. The van der Waals surface area contributed by atoms with Gasteiger partial charge in [-0.15, -0.1) is 0 Å². The summed E-state index contributed by atoms with van der Waals surface area (Å²) in [5.74, 6) is -2.89. The Hall–Kier alpha value is -0.910. The molecule has 66 valence electrons. The van der Waals surface area contributed by atoms with E-state index in [1.807, 2.05) is 0 Å². The van der Waals surface area contributed by atoms with Crippen LogP contribution in [-0.4, -0.2) is 27.2 Å². The summed E-state index contributed by atoms with van der Waals surface area (Å²) in [5, 5.41) is 23.5. The van der Waals surface area contributed by atoms with Gasteiger partial charge in [0.15, 0.2) is 0 Å². The maximum Gasteiger partial charge on any atom is 0.327 e. The van der Waals surface area contributed by atoms with E-state index >= 15 is 0 Å². The molecule has 0 spiro atoms. The number of aliphatic carboxylic acids is 1. The lowest BCUT2D eigenvalue weighted by atomic mass is 10.5. The lowest BCUT2D eigenvalue weighted by Gasteiger charge is -2.03. The Balaban J connectivity index is 0. The smallest absolute Gasteiger partial charge is 0.327 e. The zero-order valence-corrected chi connectivity index (χ0v) is 6.48. The Morgan fingerprint density at radius 3 is 1.82 bits per heavy atom. The molecule has 0 atom stereocenters. The van der Waals surface area contributed by atoms with Crippen molar-refractivity contribution in [2.45, 2.75) is 19.8 Å². The van der Waals surface area contributed by atoms with Gasteiger partial charge in [-0.1, -0.05) is 6.08 Å². The van der Waals surface area contributed by atoms with Crippen LogP contribution in [0.3, 0.4) is 0 Å². The maximum absolute atomic E-state index is 9.51. The van der Waals surface area contributed by atoms with Crippen molar-refractivity contribution in [1.29, 1.82) is 0 Å². The average Bonchev–Trinajstić information content (AvgIpc) is 1.58. The molecule has 5 nitrogen and oxygen atoms in total. The van der Waals surface area contributed by atoms with Gasteiger partial charge in [0.1, 0.15) is 0 Å². The van der Waals surface area contributed by atoms with Crippen molar-refractivity contribution in [3.05, 3.63) is 12.2 Å². The van der Waals surface area contributed by atoms with E-state index < -0.39 is 11.9 Å². The highest BCUT2D eigenvalue weighted by molar-refractivity contribution is 5.79. The van der Waals surface area contributed by atoms with Crippen LogP contribution in [0.4, 0.5) is 0 Å². The van der Waals surface area contributed by atoms with E-state index in [0.29, 0.717) is 0 Å². The Morgan fingerprint density at radius 1 is 1.55 bits per heavy atom. The minimum Gasteiger partial charge on any atom is -0.478 e. The fraction of sp³-hybridized carbons (Fsp3) is 0.500. The molecule has 0 saturated heterocycles. The van der Waals surface area contributed by atoms with E-state index in [1.165, 1.54) is 6.08 Å². The van der Waals surface area contributed by atoms with Gasteiger partial charge in [-0.3, -0.25) is 5.73 Å². The zero-order valence-electron chi connectivity index (χ0n) is 6.48. The van der Waals surface area contributed by atoms with Crippen LogP contribution in [0.25, 0.3) is 0 Å². The standard InChI is InChI=1S/C4H6O2.C2H7NO2/c1-2-3-4(5)6;1-2(3,4)5/h2-3H,1H3,(H,5,6);4-5H,3H2,1H3. The first-order valence-corrected chi connectivity index (χ1v) is 2.86. The van der Waals surface area contributed by atoms with Crippen molar-refractivity contribution in [3.8, 4) is 0 Å². The SMILES string of the molecule is CC(N)(O)O.CC=CC(=O)O. The average molecular weight is 163 g/mol. The van der Waals surface area contributed by atoms with Gasteiger partial charge in [0, 0.05) is 13.0 Å². The van der Waals surface area contributed by atoms with E-state index in [-0.39, 0.29) is 0 Å². The van der Waals surface area contributed by atoms with Gasteiger partial charge in [-0.25, -0.2) is 4.79 Å². The number of nitrogens with two attached hydrogens (primary N) is 1. The number of allylic oxidation sites excluding steroid dienone is 1. The third-order valence-corrected chi connectivity index (χ3v) is 0.309. The largest absolute Gasteiger partial charge is 0.478 e. The molecule has 0 radical (unpaired) electrons. The van der Waals surface area contributed by atoms with Gasteiger partial charge in [-0.05, 0) is 6.92 Å². The predicted molar refractivity (Wildman–Crippen MR) is 39.5 cm³/mol. The van der Waals surface area contributed by atoms with Crippen molar-refractivity contribution in [2.75, 3.05) is 0 Å². The quantitative estimate of drug-likeness (QED) is 0.301. The fourth-order valence-electron chi connectivity index (χ4n) is 0.143. The first-order chi connectivity index (χ1) is 4.77. The molecule has 11 heavy (non-hydrogen) atoms. The second kappa shape index (κ2) is 5.84. The first-order valence-electron chi connectivity index (χ1n) is 2.86. The predicted octanol–water partition coefficient (Wildman–Crippen LogP) is -0.750. The number of aliphatic hydroxyl groups is 2. The molecule has 0 rings (SSSR count). The van der Waals surface area contributed by atoms with Crippen molar-refractivity contribution >= 4 is 5.97 Å². The highest BCUT2D eigenvalue weighted by atomic mass is 16.5. The van der Waals surface area contributed by atoms with Crippen LogP contribution < -0.4 is 5.73 Å². The molecule has 0 aliphatic heterocycles. The number of rotatable bonds is 1. The number of carboxylic acid groups (broad SMARTS) is 1. The molecule has 0 amide bonds. The number of carboxylic acids is 1. The molecule has 0 aromatic heterocycles. The maximum atomic E-state index is 9.51. The molecule has 0 saturated carbocycles. The summed E-state index contributed by atoms with van der Waals surface area (Å²) >= 11 is 0. The summed E-state index contributed by atoms with van der Waals surface area (Å²) in [4.78, 5) is 9.51. The lowest BCUT2D eigenvalue weighted by molar-refractivity contribution is -0.138. The van der Waals surface area contributed by atoms with Crippen molar-refractivity contribution < 1.29 is 20.1 Å². The molecular formula is C6H13NO4. The monoisotopic (exact) mass is 163 g/mol. The molecule has 0 fully saturated rings. The second-order valence-corrected chi connectivity index (χ2v) is 1.93. The normalized spacial score (nSPS) is 10.6. The summed E-state index contributed by atoms with van der Waals surface area (Å²) < 4.78 is 0. The van der Waals surface area contributed by atoms with Gasteiger partial charge in [0.05, 0.1) is 0 Å². The Labute approximate surface area is 64.8 Å². The van der Waals surface area contributed by atoms with Crippen LogP contribution in [0.2, 0.25) is 0 Å². The van der Waals surface area contributed by atoms with E-state index in [2.05, 4.69) is 5.73 Å². The summed E-state index contributed by atoms with van der Waals surface area (Å²) in [6.07, 6.45) is 2.56. The third kappa shape index (κ3) is 105. The van der Waals surface area contributed by atoms with Crippen LogP contribution in [0.5, 0.6) is 0 Å². The minimum absolute atomic E-state index is 0.891. The van der Waals surface area contributed by atoms with Gasteiger partial charge >= 0.3 is 5.97 Å². The first kappa shape index (κ1) is 12.7. The molecule has 0 aromatic carbocycles. The van der Waals surface area contributed by atoms with Gasteiger partial charge in [0.25, 0.3) is 0 Å². The topological polar surface area (TPSA) is 104 Å². The summed E-state index contributed by atoms with van der Waals surface area (Å²) in [6.45, 7) is 2.74. The highest BCUT2D eigenvalue weighted by Gasteiger charge is 2.00. The molecule has 5 heteroatoms. The molecule has 0 aromatic rings. The minimum atomic E-state index is -2.00. The Morgan fingerprint density at radius 2 is 1.82 bits per heavy atom. The summed E-state index contributed by atoms with van der Waals surface area (Å²) in [5.41, 5.74) is 4.47. The Bertz CT molecular complexity index is 130. The van der Waals surface area contributed by atoms with Crippen LogP contribution in [-0.2, 0) is 4.79 Å². The summed E-state index contributed by atoms with van der Waals surface area (Å²) in [7, 11) is 0. The van der Waals surface area contributed by atoms with E-state index in [9.17, 15) is 4.79 Å². The van der Waals surface area contributed by atoms with E-state index in [4.69, 9.17) is 15.3 Å². The molecule has 0 aliphatic rings. The molecular weight excluding hydrogens is 150 g/mol. The molecule has 0 aliphatic carbocycles. The van der Waals surface area contributed by atoms with Gasteiger partial charge in [0.2, 0.25) is 5.91 Å². The molecule has 5 N–H and O–H groups in total.